The quantitative estimate of drug-likeness (QED) is 0.704. The van der Waals surface area contributed by atoms with E-state index in [0.717, 1.165) is 5.56 Å². The van der Waals surface area contributed by atoms with E-state index in [1.165, 1.54) is 0 Å². The Balaban J connectivity index is 1.14. The van der Waals surface area contributed by atoms with Crippen molar-refractivity contribution in [2.45, 2.75) is 6.10 Å². The number of benzene rings is 2. The largest absolute Gasteiger partial charge is 0.485 e. The highest BCUT2D eigenvalue weighted by atomic mass is 16.7. The second kappa shape index (κ2) is 8.22. The van der Waals surface area contributed by atoms with E-state index in [2.05, 4.69) is 0 Å². The number of nitrogens with zero attached hydrogens (tertiary/aromatic N) is 2. The van der Waals surface area contributed by atoms with Crippen molar-refractivity contribution in [2.24, 2.45) is 0 Å². The summed E-state index contributed by atoms with van der Waals surface area (Å²) in [6.07, 6.45) is 2.64. The lowest BCUT2D eigenvalue weighted by Crippen LogP contribution is -2.54. The van der Waals surface area contributed by atoms with Crippen LogP contribution in [-0.4, -0.2) is 67.3 Å². The Morgan fingerprint density at radius 1 is 0.839 bits per heavy atom. The summed E-state index contributed by atoms with van der Waals surface area (Å²) in [5.41, 5.74) is 0.862. The summed E-state index contributed by atoms with van der Waals surface area (Å²) in [6, 6.07) is 12.9. The number of para-hydroxylation sites is 2. The van der Waals surface area contributed by atoms with E-state index >= 15 is 0 Å². The molecular formula is C23H22N2O6. The Kier molecular flexibility index (Phi) is 5.11. The van der Waals surface area contributed by atoms with Gasteiger partial charge in [-0.2, -0.15) is 0 Å². The lowest BCUT2D eigenvalue weighted by Gasteiger charge is -2.36. The van der Waals surface area contributed by atoms with Crippen molar-refractivity contribution in [2.75, 3.05) is 39.6 Å². The van der Waals surface area contributed by atoms with Crippen LogP contribution >= 0.6 is 0 Å². The van der Waals surface area contributed by atoms with Gasteiger partial charge in [-0.3, -0.25) is 9.59 Å². The van der Waals surface area contributed by atoms with Crippen molar-refractivity contribution < 1.29 is 28.5 Å². The first-order chi connectivity index (χ1) is 15.2. The van der Waals surface area contributed by atoms with Gasteiger partial charge in [0.2, 0.25) is 18.8 Å². The van der Waals surface area contributed by atoms with Crippen LogP contribution < -0.4 is 18.9 Å². The molecule has 3 aliphatic rings. The Bertz CT molecular complexity index is 1030. The first kappa shape index (κ1) is 19.3. The van der Waals surface area contributed by atoms with Crippen LogP contribution in [0.5, 0.6) is 23.0 Å². The molecule has 2 aromatic carbocycles. The van der Waals surface area contributed by atoms with Gasteiger partial charge in [0.25, 0.3) is 5.91 Å². The Morgan fingerprint density at radius 3 is 2.39 bits per heavy atom. The van der Waals surface area contributed by atoms with Gasteiger partial charge in [-0.15, -0.1) is 0 Å². The predicted molar refractivity (Wildman–Crippen MR) is 111 cm³/mol. The molecular weight excluding hydrogens is 400 g/mol. The smallest absolute Gasteiger partial charge is 0.267 e. The van der Waals surface area contributed by atoms with Crippen LogP contribution in [0, 0.1) is 0 Å². The van der Waals surface area contributed by atoms with Gasteiger partial charge >= 0.3 is 0 Å². The molecule has 8 heteroatoms. The van der Waals surface area contributed by atoms with Crippen LogP contribution in [0.4, 0.5) is 0 Å². The van der Waals surface area contributed by atoms with Crippen LogP contribution in [0.2, 0.25) is 0 Å². The first-order valence-electron chi connectivity index (χ1n) is 10.2. The van der Waals surface area contributed by atoms with Crippen molar-refractivity contribution in [3.8, 4) is 23.0 Å². The Hall–Kier alpha value is -3.68. The van der Waals surface area contributed by atoms with Crippen molar-refractivity contribution in [3.63, 3.8) is 0 Å². The molecule has 160 valence electrons. The van der Waals surface area contributed by atoms with Crippen LogP contribution in [0.15, 0.2) is 48.5 Å². The summed E-state index contributed by atoms with van der Waals surface area (Å²) in [5.74, 6) is 2.41. The van der Waals surface area contributed by atoms with Gasteiger partial charge < -0.3 is 28.7 Å². The third kappa shape index (κ3) is 4.01. The van der Waals surface area contributed by atoms with Crippen LogP contribution in [0.1, 0.15) is 5.56 Å². The zero-order valence-electron chi connectivity index (χ0n) is 16.9. The minimum atomic E-state index is -0.664. The fraction of sp³-hybridized carbons (Fsp3) is 0.304. The van der Waals surface area contributed by atoms with E-state index in [1.807, 2.05) is 36.4 Å². The van der Waals surface area contributed by atoms with Gasteiger partial charge in [0.1, 0.15) is 6.61 Å². The number of hydrogen-bond donors (Lipinski definition) is 0. The molecule has 8 nitrogen and oxygen atoms in total. The minimum Gasteiger partial charge on any atom is -0.485 e. The molecule has 0 aliphatic carbocycles. The van der Waals surface area contributed by atoms with Crippen LogP contribution in [-0.2, 0) is 9.59 Å². The highest BCUT2D eigenvalue weighted by Gasteiger charge is 2.33. The third-order valence-corrected chi connectivity index (χ3v) is 5.50. The SMILES string of the molecule is O=C(/C=C/c1ccc2c(c1)OCO2)N1CCN(C(=O)C2COc3ccccc3O2)CC1. The topological polar surface area (TPSA) is 77.5 Å². The second-order valence-corrected chi connectivity index (χ2v) is 7.46. The van der Waals surface area contributed by atoms with Gasteiger partial charge in [-0.25, -0.2) is 0 Å². The molecule has 2 aromatic rings. The number of fused-ring (bicyclic) bond motifs is 2. The van der Waals surface area contributed by atoms with Crippen molar-refractivity contribution in [1.82, 2.24) is 9.80 Å². The normalized spacial score (nSPS) is 19.5. The van der Waals surface area contributed by atoms with E-state index in [1.54, 1.807) is 28.0 Å². The monoisotopic (exact) mass is 422 g/mol. The van der Waals surface area contributed by atoms with E-state index in [0.29, 0.717) is 49.2 Å². The van der Waals surface area contributed by atoms with Crippen LogP contribution in [0.3, 0.4) is 0 Å². The Labute approximate surface area is 179 Å². The summed E-state index contributed by atoms with van der Waals surface area (Å²) in [4.78, 5) is 28.8. The standard InChI is InChI=1S/C23H22N2O6/c26-22(8-6-16-5-7-18-20(13-16)30-15-29-18)24-9-11-25(12-10-24)23(27)21-14-28-17-3-1-2-4-19(17)31-21/h1-8,13,21H,9-12,14-15H2/b8-6+. The summed E-state index contributed by atoms with van der Waals surface area (Å²) < 4.78 is 22.1. The summed E-state index contributed by atoms with van der Waals surface area (Å²) in [7, 11) is 0. The number of carbonyl (C=O) groups excluding carboxylic acids is 2. The maximum atomic E-state index is 12.8. The van der Waals surface area contributed by atoms with E-state index < -0.39 is 6.10 Å². The van der Waals surface area contributed by atoms with E-state index in [4.69, 9.17) is 18.9 Å². The fourth-order valence-corrected chi connectivity index (χ4v) is 3.78. The van der Waals surface area contributed by atoms with Crippen LogP contribution in [0.25, 0.3) is 6.08 Å². The van der Waals surface area contributed by atoms with E-state index in [-0.39, 0.29) is 25.2 Å². The Morgan fingerprint density at radius 2 is 1.55 bits per heavy atom. The lowest BCUT2D eigenvalue weighted by molar-refractivity contribution is -0.145. The predicted octanol–water partition coefficient (Wildman–Crippen LogP) is 1.94. The average molecular weight is 422 g/mol. The number of ether oxygens (including phenoxy) is 4. The maximum Gasteiger partial charge on any atom is 0.267 e. The molecule has 31 heavy (non-hydrogen) atoms. The summed E-state index contributed by atoms with van der Waals surface area (Å²) in [6.45, 7) is 2.27. The molecule has 3 aliphatic heterocycles. The highest BCUT2D eigenvalue weighted by Crippen LogP contribution is 2.33. The first-order valence-corrected chi connectivity index (χ1v) is 10.2. The summed E-state index contributed by atoms with van der Waals surface area (Å²) in [5, 5.41) is 0. The van der Waals surface area contributed by atoms with Crippen molar-refractivity contribution in [3.05, 3.63) is 54.1 Å². The summed E-state index contributed by atoms with van der Waals surface area (Å²) >= 11 is 0. The number of rotatable bonds is 3. The van der Waals surface area contributed by atoms with Gasteiger partial charge in [-0.05, 0) is 35.9 Å². The molecule has 0 saturated carbocycles. The molecule has 0 bridgehead atoms. The maximum absolute atomic E-state index is 12.8. The number of hydrogen-bond acceptors (Lipinski definition) is 6. The van der Waals surface area contributed by atoms with Gasteiger partial charge in [0.05, 0.1) is 0 Å². The van der Waals surface area contributed by atoms with Crippen molar-refractivity contribution >= 4 is 17.9 Å². The van der Waals surface area contributed by atoms with E-state index in [9.17, 15) is 9.59 Å². The second-order valence-electron chi connectivity index (χ2n) is 7.46. The minimum absolute atomic E-state index is 0.0871. The molecule has 1 unspecified atom stereocenters. The number of amides is 2. The third-order valence-electron chi connectivity index (χ3n) is 5.50. The molecule has 1 saturated heterocycles. The zero-order chi connectivity index (χ0) is 21.2. The van der Waals surface area contributed by atoms with Gasteiger partial charge in [0, 0.05) is 32.3 Å². The number of carbonyl (C=O) groups is 2. The highest BCUT2D eigenvalue weighted by molar-refractivity contribution is 5.92. The fourth-order valence-electron chi connectivity index (χ4n) is 3.78. The molecule has 0 radical (unpaired) electrons. The molecule has 0 spiro atoms. The lowest BCUT2D eigenvalue weighted by atomic mass is 10.2. The molecule has 1 atom stereocenters. The molecule has 5 rings (SSSR count). The van der Waals surface area contributed by atoms with Gasteiger partial charge in [-0.1, -0.05) is 18.2 Å². The average Bonchev–Trinajstić information content (AvgIpc) is 3.30. The molecule has 0 aromatic heterocycles. The number of piperazine rings is 1. The van der Waals surface area contributed by atoms with Crippen molar-refractivity contribution in [1.29, 1.82) is 0 Å². The zero-order valence-corrected chi connectivity index (χ0v) is 16.9. The van der Waals surface area contributed by atoms with Gasteiger partial charge in [0.15, 0.2) is 23.0 Å². The molecule has 1 fully saturated rings. The molecule has 3 heterocycles. The molecule has 0 N–H and O–H groups in total. The molecule has 2 amide bonds.